The van der Waals surface area contributed by atoms with Crippen LogP contribution in [0.3, 0.4) is 0 Å². The maximum Gasteiger partial charge on any atom is 0.302 e. The minimum Gasteiger partial charge on any atom is -0.463 e. The Morgan fingerprint density at radius 1 is 1.30 bits per heavy atom. The zero-order valence-electron chi connectivity index (χ0n) is 14.0. The first-order valence-electron chi connectivity index (χ1n) is 7.25. The summed E-state index contributed by atoms with van der Waals surface area (Å²) in [7, 11) is -0.694. The summed E-state index contributed by atoms with van der Waals surface area (Å²) in [6, 6.07) is 1.58. The van der Waals surface area contributed by atoms with Crippen LogP contribution in [-0.2, 0) is 9.53 Å². The van der Waals surface area contributed by atoms with Gasteiger partial charge in [0.2, 0.25) is 0 Å². The number of ether oxygens (including phenoxy) is 1. The molecule has 1 aliphatic heterocycles. The molecule has 120 valence electrons. The molecule has 5 N–H and O–H groups in total. The summed E-state index contributed by atoms with van der Waals surface area (Å²) in [4.78, 5) is 10.0. The lowest BCUT2D eigenvalue weighted by Gasteiger charge is -2.34. The van der Waals surface area contributed by atoms with Gasteiger partial charge in [0.25, 0.3) is 0 Å². The second-order valence-corrected chi connectivity index (χ2v) is 11.7. The molecule has 5 nitrogen and oxygen atoms in total. The second kappa shape index (κ2) is 10.7. The first-order chi connectivity index (χ1) is 8.99. The van der Waals surface area contributed by atoms with E-state index in [1.165, 1.54) is 26.2 Å². The van der Waals surface area contributed by atoms with Crippen LogP contribution in [0.4, 0.5) is 0 Å². The van der Waals surface area contributed by atoms with E-state index in [2.05, 4.69) is 36.2 Å². The topological polar surface area (TPSA) is 102 Å². The molecule has 6 heteroatoms. The van der Waals surface area contributed by atoms with Crippen LogP contribution in [0.1, 0.15) is 47.0 Å². The van der Waals surface area contributed by atoms with E-state index in [1.54, 1.807) is 6.04 Å². The van der Waals surface area contributed by atoms with Crippen molar-refractivity contribution in [3.63, 3.8) is 0 Å². The highest BCUT2D eigenvalue weighted by atomic mass is 28.3. The predicted octanol–water partition coefficient (Wildman–Crippen LogP) is 3.07. The summed E-state index contributed by atoms with van der Waals surface area (Å²) in [5.74, 6) is -0.546. The Kier molecular flexibility index (Phi) is 11.4. The number of carbonyl (C=O) groups excluding carboxylic acids is 1. The SMILES string of the molecule is CC(=O)OC(C)C.CC1CCCC[Si]1(C)C.N=C(N)N. The molecule has 1 atom stereocenters. The van der Waals surface area contributed by atoms with E-state index < -0.39 is 8.07 Å². The summed E-state index contributed by atoms with van der Waals surface area (Å²) in [5, 5.41) is 6.06. The fourth-order valence-corrected chi connectivity index (χ4v) is 4.64. The van der Waals surface area contributed by atoms with E-state index in [-0.39, 0.29) is 18.0 Å². The van der Waals surface area contributed by atoms with E-state index in [1.807, 2.05) is 13.8 Å². The molecule has 0 aliphatic carbocycles. The molecule has 1 unspecified atom stereocenters. The van der Waals surface area contributed by atoms with Crippen LogP contribution in [0.2, 0.25) is 24.7 Å². The second-order valence-electron chi connectivity index (χ2n) is 6.25. The normalized spacial score (nSPS) is 19.9. The molecule has 0 aromatic carbocycles. The van der Waals surface area contributed by atoms with Crippen molar-refractivity contribution in [3.05, 3.63) is 0 Å². The number of hydrogen-bond acceptors (Lipinski definition) is 3. The van der Waals surface area contributed by atoms with E-state index in [9.17, 15) is 4.79 Å². The highest BCUT2D eigenvalue weighted by Gasteiger charge is 2.30. The van der Waals surface area contributed by atoms with Crippen LogP contribution < -0.4 is 11.5 Å². The minimum absolute atomic E-state index is 0.0255. The van der Waals surface area contributed by atoms with Crippen molar-refractivity contribution >= 4 is 20.0 Å². The van der Waals surface area contributed by atoms with E-state index in [0.717, 1.165) is 5.54 Å². The van der Waals surface area contributed by atoms with Gasteiger partial charge in [-0.1, -0.05) is 45.3 Å². The van der Waals surface area contributed by atoms with Crippen LogP contribution in [-0.4, -0.2) is 26.1 Å². The van der Waals surface area contributed by atoms with Crippen molar-refractivity contribution in [3.8, 4) is 0 Å². The molecule has 1 rings (SSSR count). The summed E-state index contributed by atoms with van der Waals surface area (Å²) < 4.78 is 4.61. The smallest absolute Gasteiger partial charge is 0.302 e. The van der Waals surface area contributed by atoms with Crippen molar-refractivity contribution in [2.75, 3.05) is 0 Å². The van der Waals surface area contributed by atoms with Crippen molar-refractivity contribution in [2.24, 2.45) is 11.5 Å². The van der Waals surface area contributed by atoms with Crippen LogP contribution >= 0.6 is 0 Å². The monoisotopic (exact) mass is 303 g/mol. The first-order valence-corrected chi connectivity index (χ1v) is 10.5. The summed E-state index contributed by atoms with van der Waals surface area (Å²) in [5.41, 5.74) is 10.0. The number of rotatable bonds is 1. The van der Waals surface area contributed by atoms with E-state index >= 15 is 0 Å². The third kappa shape index (κ3) is 15.0. The van der Waals surface area contributed by atoms with Gasteiger partial charge in [0, 0.05) is 6.92 Å². The van der Waals surface area contributed by atoms with Crippen molar-refractivity contribution in [1.29, 1.82) is 5.41 Å². The molecule has 20 heavy (non-hydrogen) atoms. The number of nitrogens with two attached hydrogens (primary N) is 2. The molecule has 1 aliphatic rings. The third-order valence-electron chi connectivity index (χ3n) is 3.44. The summed E-state index contributed by atoms with van der Waals surface area (Å²) in [6.45, 7) is 12.6. The van der Waals surface area contributed by atoms with Crippen LogP contribution in [0.15, 0.2) is 0 Å². The lowest BCUT2D eigenvalue weighted by molar-refractivity contribution is -0.144. The Morgan fingerprint density at radius 3 is 1.90 bits per heavy atom. The van der Waals surface area contributed by atoms with Crippen molar-refractivity contribution < 1.29 is 9.53 Å². The highest BCUT2D eigenvalue weighted by Crippen LogP contribution is 2.36. The maximum absolute atomic E-state index is 10.0. The number of nitrogens with one attached hydrogen (secondary N) is 1. The molecule has 1 heterocycles. The molecule has 1 fully saturated rings. The maximum atomic E-state index is 10.0. The molecule has 0 spiro atoms. The summed E-state index contributed by atoms with van der Waals surface area (Å²) in [6.07, 6.45) is 4.55. The minimum atomic E-state index is -0.694. The number of hydrogen-bond donors (Lipinski definition) is 3. The van der Waals surface area contributed by atoms with E-state index in [0.29, 0.717) is 0 Å². The van der Waals surface area contributed by atoms with Gasteiger partial charge < -0.3 is 16.2 Å². The van der Waals surface area contributed by atoms with Gasteiger partial charge >= 0.3 is 5.97 Å². The molecular weight excluding hydrogens is 270 g/mol. The molecular formula is C14H33N3O2Si. The quantitative estimate of drug-likeness (QED) is 0.300. The number of guanidine groups is 1. The third-order valence-corrected chi connectivity index (χ3v) is 8.04. The average Bonchev–Trinajstić information content (AvgIpc) is 2.20. The molecule has 0 aromatic heterocycles. The predicted molar refractivity (Wildman–Crippen MR) is 88.6 cm³/mol. The highest BCUT2D eigenvalue weighted by molar-refractivity contribution is 6.78. The Bertz CT molecular complexity index is 290. The van der Waals surface area contributed by atoms with Gasteiger partial charge in [-0.25, -0.2) is 0 Å². The van der Waals surface area contributed by atoms with Gasteiger partial charge in [-0.05, 0) is 19.4 Å². The molecule has 0 amide bonds. The molecule has 1 saturated heterocycles. The largest absolute Gasteiger partial charge is 0.463 e. The molecule has 0 bridgehead atoms. The lowest BCUT2D eigenvalue weighted by Crippen LogP contribution is -2.33. The fraction of sp³-hybridized carbons (Fsp3) is 0.857. The zero-order chi connectivity index (χ0) is 16.3. The van der Waals surface area contributed by atoms with Gasteiger partial charge in [0.15, 0.2) is 5.96 Å². The zero-order valence-corrected chi connectivity index (χ0v) is 15.0. The lowest BCUT2D eigenvalue weighted by atomic mass is 10.2. The Morgan fingerprint density at radius 2 is 1.75 bits per heavy atom. The van der Waals surface area contributed by atoms with Gasteiger partial charge in [0.05, 0.1) is 14.2 Å². The van der Waals surface area contributed by atoms with Gasteiger partial charge in [-0.3, -0.25) is 10.2 Å². The van der Waals surface area contributed by atoms with Gasteiger partial charge in [-0.2, -0.15) is 0 Å². The van der Waals surface area contributed by atoms with Gasteiger partial charge in [-0.15, -0.1) is 0 Å². The van der Waals surface area contributed by atoms with Gasteiger partial charge in [0.1, 0.15) is 0 Å². The number of esters is 1. The van der Waals surface area contributed by atoms with Crippen LogP contribution in [0.5, 0.6) is 0 Å². The molecule has 0 saturated carbocycles. The first kappa shape index (κ1) is 21.3. The van der Waals surface area contributed by atoms with Crippen molar-refractivity contribution in [1.82, 2.24) is 0 Å². The van der Waals surface area contributed by atoms with Crippen LogP contribution in [0.25, 0.3) is 0 Å². The van der Waals surface area contributed by atoms with Crippen molar-refractivity contribution in [2.45, 2.75) is 77.7 Å². The van der Waals surface area contributed by atoms with Crippen LogP contribution in [0, 0.1) is 5.41 Å². The fourth-order valence-electron chi connectivity index (χ4n) is 2.00. The Labute approximate surface area is 125 Å². The molecule has 0 aromatic rings. The number of carbonyl (C=O) groups is 1. The standard InChI is InChI=1S/C8H18Si.C5H10O2.CH5N3/c1-8-6-4-5-7-9(8,2)3;1-4(2)7-5(3)6;2-1(3)4/h8H,4-7H2,1-3H3;4H,1-3H3;(H5,2,3,4). The molecule has 0 radical (unpaired) electrons. The summed E-state index contributed by atoms with van der Waals surface area (Å²) >= 11 is 0. The Balaban J connectivity index is 0. The Hall–Kier alpha value is -1.04. The average molecular weight is 304 g/mol. The van der Waals surface area contributed by atoms with E-state index in [4.69, 9.17) is 5.41 Å².